The summed E-state index contributed by atoms with van der Waals surface area (Å²) < 4.78 is 5.03. The van der Waals surface area contributed by atoms with E-state index in [1.807, 2.05) is 0 Å². The predicted molar refractivity (Wildman–Crippen MR) is 45.0 cm³/mol. The molecule has 0 N–H and O–H groups in total. The Morgan fingerprint density at radius 3 is 2.14 bits per heavy atom. The zero-order valence-electron chi connectivity index (χ0n) is 8.55. The Morgan fingerprint density at radius 2 is 1.93 bits per heavy atom. The fraction of sp³-hybridized carbons (Fsp3) is 0.800. The third kappa shape index (κ3) is 0.645. The highest BCUT2D eigenvalue weighted by atomic mass is 16.6. The molecular formula is C10H13O4-. The number of aliphatic carboxylic acids is 1. The molecule has 1 saturated carbocycles. The lowest BCUT2D eigenvalue weighted by atomic mass is 9.66. The quantitative estimate of drug-likeness (QED) is 0.549. The minimum Gasteiger partial charge on any atom is -0.546 e. The second kappa shape index (κ2) is 2.12. The van der Waals surface area contributed by atoms with E-state index >= 15 is 0 Å². The van der Waals surface area contributed by atoms with E-state index in [9.17, 15) is 14.7 Å². The van der Waals surface area contributed by atoms with Gasteiger partial charge in [-0.1, -0.05) is 13.8 Å². The van der Waals surface area contributed by atoms with Gasteiger partial charge in [0.05, 0.1) is 11.4 Å². The first kappa shape index (κ1) is 9.49. The van der Waals surface area contributed by atoms with Crippen LogP contribution in [0.15, 0.2) is 0 Å². The minimum atomic E-state index is -1.40. The smallest absolute Gasteiger partial charge is 0.313 e. The van der Waals surface area contributed by atoms with E-state index in [4.69, 9.17) is 4.74 Å². The van der Waals surface area contributed by atoms with Gasteiger partial charge in [-0.3, -0.25) is 4.79 Å². The molecule has 0 aromatic carbocycles. The standard InChI is InChI=1S/C10H14O4/c1-8(2)9(3)4-5-10(8,6(11)12)14-7(9)13/h4-5H2,1-3H3,(H,11,12)/p-1/t9-,10+/m0/s1. The number of carbonyl (C=O) groups excluding carboxylic acids is 2. The largest absolute Gasteiger partial charge is 0.546 e. The number of esters is 1. The molecule has 4 nitrogen and oxygen atoms in total. The molecule has 78 valence electrons. The number of rotatable bonds is 1. The highest BCUT2D eigenvalue weighted by Crippen LogP contribution is 2.65. The first-order valence-electron chi connectivity index (χ1n) is 4.73. The van der Waals surface area contributed by atoms with Crippen molar-refractivity contribution in [1.29, 1.82) is 0 Å². The lowest BCUT2D eigenvalue weighted by Gasteiger charge is -2.37. The number of hydrogen-bond acceptors (Lipinski definition) is 4. The molecule has 4 heteroatoms. The lowest BCUT2D eigenvalue weighted by Crippen LogP contribution is -2.54. The van der Waals surface area contributed by atoms with Gasteiger partial charge in [-0.05, 0) is 19.8 Å². The zero-order chi connectivity index (χ0) is 10.8. The highest BCUT2D eigenvalue weighted by molar-refractivity contribution is 5.92. The second-order valence-electron chi connectivity index (χ2n) is 4.96. The Bertz CT molecular complexity index is 333. The number of carboxylic acids is 1. The van der Waals surface area contributed by atoms with Crippen LogP contribution in [0, 0.1) is 10.8 Å². The van der Waals surface area contributed by atoms with Crippen molar-refractivity contribution >= 4 is 11.9 Å². The molecule has 2 fully saturated rings. The molecule has 0 radical (unpaired) electrons. The molecule has 0 aromatic heterocycles. The fourth-order valence-corrected chi connectivity index (χ4v) is 2.70. The van der Waals surface area contributed by atoms with Gasteiger partial charge in [-0.15, -0.1) is 0 Å². The van der Waals surface area contributed by atoms with Gasteiger partial charge in [0, 0.05) is 5.41 Å². The molecule has 2 aliphatic rings. The Labute approximate surface area is 82.2 Å². The molecule has 0 aromatic rings. The van der Waals surface area contributed by atoms with Crippen LogP contribution in [0.5, 0.6) is 0 Å². The number of hydrogen-bond donors (Lipinski definition) is 0. The summed E-state index contributed by atoms with van der Waals surface area (Å²) in [5, 5.41) is 11.1. The number of carboxylic acid groups (broad SMARTS) is 1. The van der Waals surface area contributed by atoms with Crippen molar-refractivity contribution < 1.29 is 19.4 Å². The summed E-state index contributed by atoms with van der Waals surface area (Å²) in [6.07, 6.45) is 0.928. The second-order valence-corrected chi connectivity index (χ2v) is 4.96. The molecule has 2 atom stereocenters. The third-order valence-corrected chi connectivity index (χ3v) is 4.41. The zero-order valence-corrected chi connectivity index (χ0v) is 8.55. The average molecular weight is 197 g/mol. The first-order chi connectivity index (χ1) is 6.28. The van der Waals surface area contributed by atoms with Gasteiger partial charge in [0.2, 0.25) is 0 Å². The van der Waals surface area contributed by atoms with E-state index in [0.29, 0.717) is 12.8 Å². The van der Waals surface area contributed by atoms with E-state index in [-0.39, 0.29) is 0 Å². The van der Waals surface area contributed by atoms with Crippen molar-refractivity contribution in [3.63, 3.8) is 0 Å². The van der Waals surface area contributed by atoms with E-state index in [1.54, 1.807) is 20.8 Å². The van der Waals surface area contributed by atoms with Gasteiger partial charge in [0.25, 0.3) is 0 Å². The monoisotopic (exact) mass is 197 g/mol. The molecule has 1 heterocycles. The molecule has 1 aliphatic carbocycles. The van der Waals surface area contributed by atoms with Crippen molar-refractivity contribution in [3.8, 4) is 0 Å². The van der Waals surface area contributed by atoms with Gasteiger partial charge >= 0.3 is 5.97 Å². The van der Waals surface area contributed by atoms with Gasteiger partial charge in [0.1, 0.15) is 0 Å². The summed E-state index contributed by atoms with van der Waals surface area (Å²) in [7, 11) is 0. The van der Waals surface area contributed by atoms with Crippen molar-refractivity contribution in [1.82, 2.24) is 0 Å². The number of carbonyl (C=O) groups is 2. The summed E-state index contributed by atoms with van der Waals surface area (Å²) in [5.41, 5.74) is -2.76. The summed E-state index contributed by atoms with van der Waals surface area (Å²) in [6.45, 7) is 5.30. The van der Waals surface area contributed by atoms with E-state index in [1.165, 1.54) is 0 Å². The van der Waals surface area contributed by atoms with Crippen LogP contribution in [-0.4, -0.2) is 17.5 Å². The number of ether oxygens (including phenoxy) is 1. The molecule has 0 spiro atoms. The molecule has 0 unspecified atom stereocenters. The summed E-state index contributed by atoms with van der Waals surface area (Å²) in [6, 6.07) is 0. The maximum Gasteiger partial charge on any atom is 0.313 e. The average Bonchev–Trinajstić information content (AvgIpc) is 2.34. The number of fused-ring (bicyclic) bond motifs is 2. The normalized spacial score (nSPS) is 43.8. The van der Waals surface area contributed by atoms with Crippen LogP contribution >= 0.6 is 0 Å². The van der Waals surface area contributed by atoms with Crippen LogP contribution in [0.25, 0.3) is 0 Å². The van der Waals surface area contributed by atoms with Crippen molar-refractivity contribution in [2.75, 3.05) is 0 Å². The van der Waals surface area contributed by atoms with Crippen LogP contribution in [-0.2, 0) is 14.3 Å². The van der Waals surface area contributed by atoms with Crippen LogP contribution < -0.4 is 5.11 Å². The first-order valence-corrected chi connectivity index (χ1v) is 4.73. The molecule has 1 aliphatic heterocycles. The minimum absolute atomic E-state index is 0.366. The van der Waals surface area contributed by atoms with Crippen molar-refractivity contribution in [2.45, 2.75) is 39.2 Å². The van der Waals surface area contributed by atoms with Crippen LogP contribution in [0.3, 0.4) is 0 Å². The van der Waals surface area contributed by atoms with E-state index < -0.39 is 28.4 Å². The van der Waals surface area contributed by atoms with Crippen molar-refractivity contribution in [2.24, 2.45) is 10.8 Å². The van der Waals surface area contributed by atoms with Gasteiger partial charge < -0.3 is 14.6 Å². The Morgan fingerprint density at radius 1 is 1.36 bits per heavy atom. The van der Waals surface area contributed by atoms with Crippen molar-refractivity contribution in [3.05, 3.63) is 0 Å². The predicted octanol–water partition coefficient (Wildman–Crippen LogP) is -0.142. The van der Waals surface area contributed by atoms with Gasteiger partial charge in [-0.25, -0.2) is 0 Å². The SMILES string of the molecule is CC1(C)[C@@]2(C)CC[C@]1(C(=O)[O-])OC2=O. The van der Waals surface area contributed by atoms with Gasteiger partial charge in [-0.2, -0.15) is 0 Å². The topological polar surface area (TPSA) is 66.4 Å². The Hall–Kier alpha value is -1.06. The molecule has 14 heavy (non-hydrogen) atoms. The molecule has 1 saturated heterocycles. The van der Waals surface area contributed by atoms with Crippen LogP contribution in [0.4, 0.5) is 0 Å². The van der Waals surface area contributed by atoms with Crippen LogP contribution in [0.1, 0.15) is 33.6 Å². The lowest BCUT2D eigenvalue weighted by molar-refractivity contribution is -0.328. The summed E-state index contributed by atoms with van der Waals surface area (Å²) in [4.78, 5) is 22.7. The molecule has 2 rings (SSSR count). The molecular weight excluding hydrogens is 184 g/mol. The summed E-state index contributed by atoms with van der Waals surface area (Å²) in [5.74, 6) is -1.67. The van der Waals surface area contributed by atoms with Crippen LogP contribution in [0.2, 0.25) is 0 Å². The molecule has 2 bridgehead atoms. The Kier molecular flexibility index (Phi) is 1.44. The summed E-state index contributed by atoms with van der Waals surface area (Å²) >= 11 is 0. The maximum absolute atomic E-state index is 11.6. The fourth-order valence-electron chi connectivity index (χ4n) is 2.70. The third-order valence-electron chi connectivity index (χ3n) is 4.41. The molecule has 0 amide bonds. The van der Waals surface area contributed by atoms with E-state index in [0.717, 1.165) is 0 Å². The Balaban J connectivity index is 2.60. The highest BCUT2D eigenvalue weighted by Gasteiger charge is 2.73. The van der Waals surface area contributed by atoms with E-state index in [2.05, 4.69) is 0 Å². The van der Waals surface area contributed by atoms with Gasteiger partial charge in [0.15, 0.2) is 5.60 Å². The maximum atomic E-state index is 11.6.